The monoisotopic (exact) mass is 256 g/mol. The highest BCUT2D eigenvalue weighted by molar-refractivity contribution is 7.80. The quantitative estimate of drug-likeness (QED) is 0.759. The molecule has 2 rings (SSSR count). The summed E-state index contributed by atoms with van der Waals surface area (Å²) in [6, 6.07) is 1.01. The van der Waals surface area contributed by atoms with E-state index in [1.54, 1.807) is 0 Å². The van der Waals surface area contributed by atoms with Crippen molar-refractivity contribution in [2.45, 2.75) is 57.5 Å². The van der Waals surface area contributed by atoms with Crippen molar-refractivity contribution >= 4 is 17.3 Å². The molecule has 2 aliphatic rings. The molecule has 3 nitrogen and oxygen atoms in total. The van der Waals surface area contributed by atoms with Crippen LogP contribution in [0, 0.1) is 5.92 Å². The van der Waals surface area contributed by atoms with Crippen molar-refractivity contribution < 1.29 is 4.74 Å². The van der Waals surface area contributed by atoms with Crippen LogP contribution < -0.4 is 10.6 Å². The third-order valence-electron chi connectivity index (χ3n) is 3.97. The molecule has 17 heavy (non-hydrogen) atoms. The summed E-state index contributed by atoms with van der Waals surface area (Å²) in [5.41, 5.74) is 0. The fourth-order valence-corrected chi connectivity index (χ4v) is 3.10. The van der Waals surface area contributed by atoms with E-state index in [1.807, 2.05) is 0 Å². The Morgan fingerprint density at radius 2 is 2.00 bits per heavy atom. The van der Waals surface area contributed by atoms with Gasteiger partial charge in [-0.1, -0.05) is 19.3 Å². The fraction of sp³-hybridized carbons (Fsp3) is 0.923. The zero-order chi connectivity index (χ0) is 12.1. The lowest BCUT2D eigenvalue weighted by molar-refractivity contribution is 0.180. The predicted molar refractivity (Wildman–Crippen MR) is 74.1 cm³/mol. The van der Waals surface area contributed by atoms with Gasteiger partial charge in [0, 0.05) is 24.6 Å². The standard InChI is InChI=1S/C13H24N2OS/c1-10(11-7-8-16-9-11)14-13(17)15-12-5-3-2-4-6-12/h10-12H,2-9H2,1H3,(H2,14,15,17). The first-order valence-corrected chi connectivity index (χ1v) is 7.31. The summed E-state index contributed by atoms with van der Waals surface area (Å²) < 4.78 is 5.41. The Hall–Kier alpha value is -0.350. The molecule has 1 aliphatic heterocycles. The van der Waals surface area contributed by atoms with E-state index >= 15 is 0 Å². The van der Waals surface area contributed by atoms with Crippen molar-refractivity contribution in [3.05, 3.63) is 0 Å². The lowest BCUT2D eigenvalue weighted by Crippen LogP contribution is -2.48. The molecule has 0 radical (unpaired) electrons. The second-order valence-corrected chi connectivity index (χ2v) is 5.77. The van der Waals surface area contributed by atoms with Gasteiger partial charge in [0.1, 0.15) is 0 Å². The van der Waals surface area contributed by atoms with Gasteiger partial charge in [0.15, 0.2) is 5.11 Å². The van der Waals surface area contributed by atoms with Crippen molar-refractivity contribution in [3.8, 4) is 0 Å². The first-order chi connectivity index (χ1) is 8.25. The first kappa shape index (κ1) is 13.1. The molecule has 2 fully saturated rings. The van der Waals surface area contributed by atoms with E-state index in [9.17, 15) is 0 Å². The summed E-state index contributed by atoms with van der Waals surface area (Å²) >= 11 is 5.38. The van der Waals surface area contributed by atoms with Crippen molar-refractivity contribution in [3.63, 3.8) is 0 Å². The van der Waals surface area contributed by atoms with Crippen LogP contribution in [0.1, 0.15) is 45.4 Å². The SMILES string of the molecule is CC(NC(=S)NC1CCCCC1)C1CCOC1. The highest BCUT2D eigenvalue weighted by Gasteiger charge is 2.23. The maximum Gasteiger partial charge on any atom is 0.166 e. The second-order valence-electron chi connectivity index (χ2n) is 5.37. The molecule has 0 aromatic rings. The predicted octanol–water partition coefficient (Wildman–Crippen LogP) is 2.21. The van der Waals surface area contributed by atoms with Crippen LogP contribution >= 0.6 is 12.2 Å². The Kier molecular flexibility index (Phi) is 5.04. The Bertz CT molecular complexity index is 248. The topological polar surface area (TPSA) is 33.3 Å². The van der Waals surface area contributed by atoms with Crippen molar-refractivity contribution in [2.75, 3.05) is 13.2 Å². The molecule has 98 valence electrons. The average molecular weight is 256 g/mol. The molecule has 1 heterocycles. The minimum Gasteiger partial charge on any atom is -0.381 e. The Morgan fingerprint density at radius 3 is 2.65 bits per heavy atom. The molecule has 0 amide bonds. The average Bonchev–Trinajstić information content (AvgIpc) is 2.83. The van der Waals surface area contributed by atoms with Crippen LogP contribution in [0.3, 0.4) is 0 Å². The van der Waals surface area contributed by atoms with E-state index in [1.165, 1.54) is 32.1 Å². The largest absolute Gasteiger partial charge is 0.381 e. The van der Waals surface area contributed by atoms with E-state index in [0.29, 0.717) is 18.0 Å². The van der Waals surface area contributed by atoms with Crippen LogP contribution in [0.2, 0.25) is 0 Å². The lowest BCUT2D eigenvalue weighted by atomic mass is 9.96. The van der Waals surface area contributed by atoms with Gasteiger partial charge in [-0.05, 0) is 38.4 Å². The van der Waals surface area contributed by atoms with Crippen LogP contribution in [-0.4, -0.2) is 30.4 Å². The molecule has 2 atom stereocenters. The second kappa shape index (κ2) is 6.55. The fourth-order valence-electron chi connectivity index (χ4n) is 2.75. The van der Waals surface area contributed by atoms with Gasteiger partial charge in [0.05, 0.1) is 6.61 Å². The van der Waals surface area contributed by atoms with E-state index < -0.39 is 0 Å². The maximum absolute atomic E-state index is 5.41. The third-order valence-corrected chi connectivity index (χ3v) is 4.21. The van der Waals surface area contributed by atoms with Crippen LogP contribution in [-0.2, 0) is 4.74 Å². The highest BCUT2D eigenvalue weighted by Crippen LogP contribution is 2.18. The molecule has 2 unspecified atom stereocenters. The van der Waals surface area contributed by atoms with Crippen LogP contribution in [0.25, 0.3) is 0 Å². The number of thiocarbonyl (C=S) groups is 1. The first-order valence-electron chi connectivity index (χ1n) is 6.90. The number of hydrogen-bond acceptors (Lipinski definition) is 2. The Morgan fingerprint density at radius 1 is 1.24 bits per heavy atom. The molecular formula is C13H24N2OS. The Labute approximate surface area is 110 Å². The van der Waals surface area contributed by atoms with Crippen LogP contribution in [0.5, 0.6) is 0 Å². The van der Waals surface area contributed by atoms with Crippen LogP contribution in [0.15, 0.2) is 0 Å². The molecule has 0 aromatic heterocycles. The summed E-state index contributed by atoms with van der Waals surface area (Å²) in [6.45, 7) is 3.98. The van der Waals surface area contributed by atoms with E-state index in [-0.39, 0.29) is 0 Å². The molecular weight excluding hydrogens is 232 g/mol. The zero-order valence-corrected chi connectivity index (χ0v) is 11.5. The molecule has 4 heteroatoms. The van der Waals surface area contributed by atoms with Gasteiger partial charge in [0.2, 0.25) is 0 Å². The van der Waals surface area contributed by atoms with E-state index in [0.717, 1.165) is 24.7 Å². The highest BCUT2D eigenvalue weighted by atomic mass is 32.1. The number of ether oxygens (including phenoxy) is 1. The van der Waals surface area contributed by atoms with Crippen molar-refractivity contribution in [2.24, 2.45) is 5.92 Å². The van der Waals surface area contributed by atoms with Gasteiger partial charge in [0.25, 0.3) is 0 Å². The molecule has 0 bridgehead atoms. The molecule has 0 spiro atoms. The summed E-state index contributed by atoms with van der Waals surface area (Å²) in [6.07, 6.45) is 7.75. The van der Waals surface area contributed by atoms with E-state index in [4.69, 9.17) is 17.0 Å². The normalized spacial score (nSPS) is 27.7. The molecule has 1 saturated heterocycles. The third kappa shape index (κ3) is 4.11. The minimum atomic E-state index is 0.418. The summed E-state index contributed by atoms with van der Waals surface area (Å²) in [4.78, 5) is 0. The number of rotatable bonds is 3. The summed E-state index contributed by atoms with van der Waals surface area (Å²) in [7, 11) is 0. The maximum atomic E-state index is 5.41. The smallest absolute Gasteiger partial charge is 0.166 e. The van der Waals surface area contributed by atoms with Gasteiger partial charge in [-0.15, -0.1) is 0 Å². The van der Waals surface area contributed by atoms with Crippen molar-refractivity contribution in [1.82, 2.24) is 10.6 Å². The molecule has 2 N–H and O–H groups in total. The Balaban J connectivity index is 1.68. The molecule has 0 aromatic carbocycles. The zero-order valence-electron chi connectivity index (χ0n) is 10.7. The molecule has 1 saturated carbocycles. The molecule has 1 aliphatic carbocycles. The lowest BCUT2D eigenvalue weighted by Gasteiger charge is -2.27. The van der Waals surface area contributed by atoms with Gasteiger partial charge in [-0.2, -0.15) is 0 Å². The minimum absolute atomic E-state index is 0.418. The number of nitrogens with one attached hydrogen (secondary N) is 2. The van der Waals surface area contributed by atoms with Crippen LogP contribution in [0.4, 0.5) is 0 Å². The van der Waals surface area contributed by atoms with Gasteiger partial charge in [-0.3, -0.25) is 0 Å². The van der Waals surface area contributed by atoms with Gasteiger partial charge < -0.3 is 15.4 Å². The van der Waals surface area contributed by atoms with E-state index in [2.05, 4.69) is 17.6 Å². The summed E-state index contributed by atoms with van der Waals surface area (Å²) in [5.74, 6) is 0.612. The van der Waals surface area contributed by atoms with Gasteiger partial charge >= 0.3 is 0 Å². The van der Waals surface area contributed by atoms with Crippen molar-refractivity contribution in [1.29, 1.82) is 0 Å². The van der Waals surface area contributed by atoms with Gasteiger partial charge in [-0.25, -0.2) is 0 Å². The summed E-state index contributed by atoms with van der Waals surface area (Å²) in [5, 5.41) is 7.69. The number of hydrogen-bond donors (Lipinski definition) is 2.